The van der Waals surface area contributed by atoms with E-state index in [4.69, 9.17) is 0 Å². The van der Waals surface area contributed by atoms with Gasteiger partial charge in [-0.05, 0) is 31.6 Å². The molecule has 0 aromatic carbocycles. The Morgan fingerprint density at radius 3 is 2.30 bits per heavy atom. The van der Waals surface area contributed by atoms with Crippen LogP contribution in [-0.2, 0) is 0 Å². The largest absolute Gasteiger partial charge is 0.393 e. The highest BCUT2D eigenvalue weighted by atomic mass is 16.3. The standard InChI is InChI=1S/C9H18O/c1-2-3-8-4-6-9(10)7-5-8/h8-10H,2-7H2,1H3/t8-,9+. The summed E-state index contributed by atoms with van der Waals surface area (Å²) >= 11 is 0. The second-order valence-electron chi connectivity index (χ2n) is 3.46. The molecule has 1 N–H and O–H groups in total. The Hall–Kier alpha value is -0.0400. The molecular formula is C9H18O. The van der Waals surface area contributed by atoms with Crippen LogP contribution in [0, 0.1) is 5.92 Å². The average molecular weight is 142 g/mol. The maximum Gasteiger partial charge on any atom is 0.0540 e. The van der Waals surface area contributed by atoms with Gasteiger partial charge in [-0.2, -0.15) is 0 Å². The van der Waals surface area contributed by atoms with Crippen LogP contribution in [0.1, 0.15) is 45.4 Å². The highest BCUT2D eigenvalue weighted by Crippen LogP contribution is 2.27. The molecule has 0 saturated heterocycles. The van der Waals surface area contributed by atoms with Gasteiger partial charge in [-0.15, -0.1) is 0 Å². The fourth-order valence-electron chi connectivity index (χ4n) is 1.84. The molecule has 0 unspecified atom stereocenters. The Morgan fingerprint density at radius 1 is 1.20 bits per heavy atom. The number of aliphatic hydroxyl groups is 1. The molecular weight excluding hydrogens is 124 g/mol. The van der Waals surface area contributed by atoms with Gasteiger partial charge in [-0.25, -0.2) is 0 Å². The Bertz CT molecular complexity index is 82.7. The Balaban J connectivity index is 2.13. The molecule has 0 aliphatic heterocycles. The molecule has 1 aliphatic carbocycles. The molecule has 0 radical (unpaired) electrons. The molecule has 0 spiro atoms. The minimum absolute atomic E-state index is 0.0214. The van der Waals surface area contributed by atoms with Gasteiger partial charge in [0, 0.05) is 0 Å². The van der Waals surface area contributed by atoms with E-state index in [1.807, 2.05) is 0 Å². The van der Waals surface area contributed by atoms with Gasteiger partial charge in [0.25, 0.3) is 0 Å². The van der Waals surface area contributed by atoms with Crippen molar-refractivity contribution in [1.29, 1.82) is 0 Å². The Kier molecular flexibility index (Phi) is 3.20. The van der Waals surface area contributed by atoms with Gasteiger partial charge in [0.15, 0.2) is 0 Å². The fraction of sp³-hybridized carbons (Fsp3) is 1.00. The number of rotatable bonds is 2. The molecule has 1 saturated carbocycles. The van der Waals surface area contributed by atoms with Gasteiger partial charge in [0.1, 0.15) is 0 Å². The van der Waals surface area contributed by atoms with Crippen molar-refractivity contribution in [3.63, 3.8) is 0 Å². The molecule has 0 aromatic heterocycles. The van der Waals surface area contributed by atoms with Gasteiger partial charge in [-0.3, -0.25) is 0 Å². The van der Waals surface area contributed by atoms with Gasteiger partial charge in [-0.1, -0.05) is 19.8 Å². The Morgan fingerprint density at radius 2 is 1.80 bits per heavy atom. The molecule has 1 heteroatoms. The van der Waals surface area contributed by atoms with E-state index < -0.39 is 0 Å². The lowest BCUT2D eigenvalue weighted by molar-refractivity contribution is 0.106. The van der Waals surface area contributed by atoms with Gasteiger partial charge in [0.05, 0.1) is 6.10 Å². The fourth-order valence-corrected chi connectivity index (χ4v) is 1.84. The molecule has 0 aromatic rings. The van der Waals surface area contributed by atoms with Crippen LogP contribution in [0.3, 0.4) is 0 Å². The van der Waals surface area contributed by atoms with E-state index in [1.54, 1.807) is 0 Å². The summed E-state index contributed by atoms with van der Waals surface area (Å²) in [7, 11) is 0. The minimum Gasteiger partial charge on any atom is -0.393 e. The van der Waals surface area contributed by atoms with Crippen LogP contribution in [0.4, 0.5) is 0 Å². The van der Waals surface area contributed by atoms with E-state index in [2.05, 4.69) is 6.92 Å². The van der Waals surface area contributed by atoms with Crippen LogP contribution in [0.25, 0.3) is 0 Å². The molecule has 0 heterocycles. The summed E-state index contributed by atoms with van der Waals surface area (Å²) in [4.78, 5) is 0. The second-order valence-corrected chi connectivity index (χ2v) is 3.46. The van der Waals surface area contributed by atoms with E-state index in [0.29, 0.717) is 0 Å². The summed E-state index contributed by atoms with van der Waals surface area (Å²) in [5, 5.41) is 9.20. The summed E-state index contributed by atoms with van der Waals surface area (Å²) < 4.78 is 0. The first kappa shape index (κ1) is 8.06. The van der Waals surface area contributed by atoms with Crippen molar-refractivity contribution in [3.8, 4) is 0 Å². The quantitative estimate of drug-likeness (QED) is 0.627. The number of hydrogen-bond acceptors (Lipinski definition) is 1. The van der Waals surface area contributed by atoms with Crippen LogP contribution in [0.2, 0.25) is 0 Å². The molecule has 0 bridgehead atoms. The second kappa shape index (κ2) is 3.97. The van der Waals surface area contributed by atoms with E-state index in [9.17, 15) is 5.11 Å². The van der Waals surface area contributed by atoms with Crippen molar-refractivity contribution in [3.05, 3.63) is 0 Å². The molecule has 60 valence electrons. The summed E-state index contributed by atoms with van der Waals surface area (Å²) in [5.74, 6) is 0.924. The molecule has 1 nitrogen and oxygen atoms in total. The lowest BCUT2D eigenvalue weighted by atomic mass is 9.85. The normalized spacial score (nSPS) is 34.2. The van der Waals surface area contributed by atoms with Crippen LogP contribution in [0.5, 0.6) is 0 Å². The third-order valence-electron chi connectivity index (χ3n) is 2.51. The average Bonchev–Trinajstić information content (AvgIpc) is 1.95. The molecule has 1 rings (SSSR count). The van der Waals surface area contributed by atoms with Gasteiger partial charge >= 0.3 is 0 Å². The predicted octanol–water partition coefficient (Wildman–Crippen LogP) is 2.34. The van der Waals surface area contributed by atoms with E-state index in [0.717, 1.165) is 18.8 Å². The van der Waals surface area contributed by atoms with E-state index in [-0.39, 0.29) is 6.10 Å². The van der Waals surface area contributed by atoms with Crippen molar-refractivity contribution >= 4 is 0 Å². The monoisotopic (exact) mass is 142 g/mol. The lowest BCUT2D eigenvalue weighted by Crippen LogP contribution is -2.17. The third kappa shape index (κ3) is 2.30. The first-order valence-electron chi connectivity index (χ1n) is 4.51. The van der Waals surface area contributed by atoms with Gasteiger partial charge in [0.2, 0.25) is 0 Å². The zero-order valence-electron chi connectivity index (χ0n) is 6.84. The summed E-state index contributed by atoms with van der Waals surface area (Å²) in [6.45, 7) is 2.24. The summed E-state index contributed by atoms with van der Waals surface area (Å²) in [6.07, 6.45) is 7.31. The van der Waals surface area contributed by atoms with Crippen LogP contribution in [-0.4, -0.2) is 11.2 Å². The van der Waals surface area contributed by atoms with Crippen LogP contribution >= 0.6 is 0 Å². The molecule has 0 atom stereocenters. The molecule has 1 aliphatic rings. The zero-order chi connectivity index (χ0) is 7.40. The highest BCUT2D eigenvalue weighted by molar-refractivity contribution is 4.70. The third-order valence-corrected chi connectivity index (χ3v) is 2.51. The number of aliphatic hydroxyl groups excluding tert-OH is 1. The van der Waals surface area contributed by atoms with Crippen LogP contribution in [0.15, 0.2) is 0 Å². The minimum atomic E-state index is 0.0214. The molecule has 10 heavy (non-hydrogen) atoms. The summed E-state index contributed by atoms with van der Waals surface area (Å²) in [5.41, 5.74) is 0. The van der Waals surface area contributed by atoms with Crippen molar-refractivity contribution < 1.29 is 5.11 Å². The van der Waals surface area contributed by atoms with Crippen molar-refractivity contribution in [2.45, 2.75) is 51.6 Å². The first-order valence-corrected chi connectivity index (χ1v) is 4.51. The topological polar surface area (TPSA) is 20.2 Å². The predicted molar refractivity (Wildman–Crippen MR) is 42.9 cm³/mol. The van der Waals surface area contributed by atoms with Crippen molar-refractivity contribution in [1.82, 2.24) is 0 Å². The number of hydrogen-bond donors (Lipinski definition) is 1. The SMILES string of the molecule is CCC[C@H]1CC[C@@H](O)CC1. The molecule has 1 fully saturated rings. The smallest absolute Gasteiger partial charge is 0.0540 e. The Labute approximate surface area is 63.4 Å². The van der Waals surface area contributed by atoms with E-state index in [1.165, 1.54) is 25.7 Å². The lowest BCUT2D eigenvalue weighted by Gasteiger charge is -2.24. The van der Waals surface area contributed by atoms with Crippen molar-refractivity contribution in [2.24, 2.45) is 5.92 Å². The molecule has 0 amide bonds. The van der Waals surface area contributed by atoms with Crippen molar-refractivity contribution in [2.75, 3.05) is 0 Å². The van der Waals surface area contributed by atoms with Gasteiger partial charge < -0.3 is 5.11 Å². The maximum absolute atomic E-state index is 9.20. The first-order chi connectivity index (χ1) is 4.83. The zero-order valence-corrected chi connectivity index (χ0v) is 6.84. The van der Waals surface area contributed by atoms with E-state index >= 15 is 0 Å². The highest BCUT2D eigenvalue weighted by Gasteiger charge is 2.17. The maximum atomic E-state index is 9.20. The van der Waals surface area contributed by atoms with Crippen LogP contribution < -0.4 is 0 Å². The summed E-state index contributed by atoms with van der Waals surface area (Å²) in [6, 6.07) is 0.